The molecule has 7 heteroatoms. The number of nitrogens with zero attached hydrogens (tertiary/aromatic N) is 1. The summed E-state index contributed by atoms with van der Waals surface area (Å²) in [6.07, 6.45) is 0.336. The second kappa shape index (κ2) is 13.8. The Morgan fingerprint density at radius 3 is 2.10 bits per heavy atom. The van der Waals surface area contributed by atoms with Crippen molar-refractivity contribution >= 4 is 18.0 Å². The fourth-order valence-corrected chi connectivity index (χ4v) is 5.49. The Hall–Kier alpha value is -4.13. The molecule has 0 radical (unpaired) electrons. The summed E-state index contributed by atoms with van der Waals surface area (Å²) < 4.78 is 5.68. The summed E-state index contributed by atoms with van der Waals surface area (Å²) in [6.45, 7) is 5.18. The lowest BCUT2D eigenvalue weighted by atomic mass is 9.93. The number of carbonyl (C=O) groups is 3. The lowest BCUT2D eigenvalue weighted by Gasteiger charge is -2.26. The maximum atomic E-state index is 13.3. The van der Waals surface area contributed by atoms with Gasteiger partial charge in [-0.25, -0.2) is 4.79 Å². The highest BCUT2D eigenvalue weighted by Gasteiger charge is 2.29. The Balaban J connectivity index is 1.35. The molecular formula is C33H38N2O5. The van der Waals surface area contributed by atoms with Gasteiger partial charge in [-0.15, -0.1) is 0 Å². The molecule has 4 rings (SSSR count). The smallest absolute Gasteiger partial charge is 0.407 e. The minimum atomic E-state index is -0.943. The number of hydrogen-bond acceptors (Lipinski definition) is 4. The fourth-order valence-electron chi connectivity index (χ4n) is 5.49. The van der Waals surface area contributed by atoms with E-state index in [0.29, 0.717) is 19.0 Å². The van der Waals surface area contributed by atoms with Gasteiger partial charge < -0.3 is 20.1 Å². The van der Waals surface area contributed by atoms with Gasteiger partial charge in [-0.05, 0) is 46.1 Å². The van der Waals surface area contributed by atoms with E-state index in [9.17, 15) is 19.5 Å². The largest absolute Gasteiger partial charge is 0.481 e. The first-order valence-corrected chi connectivity index (χ1v) is 13.9. The van der Waals surface area contributed by atoms with Gasteiger partial charge in [0.2, 0.25) is 5.91 Å². The maximum Gasteiger partial charge on any atom is 0.407 e. The molecule has 1 aliphatic carbocycles. The maximum absolute atomic E-state index is 13.3. The third kappa shape index (κ3) is 7.72. The summed E-state index contributed by atoms with van der Waals surface area (Å²) in [7, 11) is 0. The van der Waals surface area contributed by atoms with Crippen LogP contribution in [-0.2, 0) is 20.9 Å². The highest BCUT2D eigenvalue weighted by molar-refractivity contribution is 5.79. The Bertz CT molecular complexity index is 1260. The van der Waals surface area contributed by atoms with Gasteiger partial charge in [0.25, 0.3) is 0 Å². The topological polar surface area (TPSA) is 95.9 Å². The number of ether oxygens (including phenoxy) is 1. The van der Waals surface area contributed by atoms with E-state index in [1.807, 2.05) is 54.6 Å². The van der Waals surface area contributed by atoms with Gasteiger partial charge in [0.15, 0.2) is 0 Å². The third-order valence-corrected chi connectivity index (χ3v) is 7.31. The van der Waals surface area contributed by atoms with E-state index in [-0.39, 0.29) is 43.7 Å². The molecule has 0 heterocycles. The molecule has 1 atom stereocenters. The number of alkyl carbamates (subject to hydrolysis) is 1. The van der Waals surface area contributed by atoms with E-state index < -0.39 is 12.1 Å². The number of nitrogens with one attached hydrogen (secondary N) is 1. The quantitative estimate of drug-likeness (QED) is 0.273. The molecule has 0 saturated heterocycles. The van der Waals surface area contributed by atoms with E-state index in [1.54, 1.807) is 4.90 Å². The lowest BCUT2D eigenvalue weighted by Crippen LogP contribution is -2.37. The van der Waals surface area contributed by atoms with E-state index >= 15 is 0 Å². The van der Waals surface area contributed by atoms with Crippen molar-refractivity contribution in [2.24, 2.45) is 11.8 Å². The number of amides is 2. The number of fused-ring (bicyclic) bond motifs is 3. The molecule has 0 fully saturated rings. The monoisotopic (exact) mass is 542 g/mol. The molecule has 0 aromatic heterocycles. The Labute approximate surface area is 236 Å². The third-order valence-electron chi connectivity index (χ3n) is 7.31. The number of carboxylic acid groups (broad SMARTS) is 1. The van der Waals surface area contributed by atoms with Crippen LogP contribution in [0, 0.1) is 11.8 Å². The predicted molar refractivity (Wildman–Crippen MR) is 155 cm³/mol. The first-order valence-electron chi connectivity index (χ1n) is 13.9. The van der Waals surface area contributed by atoms with Crippen molar-refractivity contribution < 1.29 is 24.2 Å². The molecule has 3 aromatic rings. The van der Waals surface area contributed by atoms with Crippen LogP contribution in [0.25, 0.3) is 11.1 Å². The van der Waals surface area contributed by atoms with E-state index in [1.165, 1.54) is 11.1 Å². The molecule has 0 saturated carbocycles. The summed E-state index contributed by atoms with van der Waals surface area (Å²) in [5.41, 5.74) is 5.59. The van der Waals surface area contributed by atoms with Gasteiger partial charge in [0.1, 0.15) is 6.61 Å². The number of carboxylic acids is 1. The normalized spacial score (nSPS) is 12.9. The fraction of sp³-hybridized carbons (Fsp3) is 0.364. The second-order valence-electron chi connectivity index (χ2n) is 10.9. The molecular weight excluding hydrogens is 504 g/mol. The van der Waals surface area contributed by atoms with Gasteiger partial charge in [-0.2, -0.15) is 0 Å². The zero-order valence-electron chi connectivity index (χ0n) is 23.2. The number of aliphatic carboxylic acids is 1. The number of benzene rings is 3. The van der Waals surface area contributed by atoms with E-state index in [2.05, 4.69) is 43.4 Å². The van der Waals surface area contributed by atoms with Gasteiger partial charge in [-0.1, -0.05) is 92.7 Å². The van der Waals surface area contributed by atoms with Crippen molar-refractivity contribution in [2.45, 2.75) is 45.6 Å². The summed E-state index contributed by atoms with van der Waals surface area (Å²) in [5, 5.41) is 12.1. The van der Waals surface area contributed by atoms with Crippen LogP contribution in [-0.4, -0.2) is 47.7 Å². The van der Waals surface area contributed by atoms with Crippen molar-refractivity contribution in [3.63, 3.8) is 0 Å². The number of hydrogen-bond donors (Lipinski definition) is 2. The Morgan fingerprint density at radius 2 is 1.50 bits per heavy atom. The molecule has 40 heavy (non-hydrogen) atoms. The van der Waals surface area contributed by atoms with Gasteiger partial charge in [0, 0.05) is 32.0 Å². The molecule has 210 valence electrons. The first-order chi connectivity index (χ1) is 19.3. The first kappa shape index (κ1) is 28.9. The highest BCUT2D eigenvalue weighted by Crippen LogP contribution is 2.44. The molecule has 3 aromatic carbocycles. The molecule has 0 bridgehead atoms. The number of rotatable bonds is 13. The van der Waals surface area contributed by atoms with Crippen LogP contribution in [0.5, 0.6) is 0 Å². The summed E-state index contributed by atoms with van der Waals surface area (Å²) >= 11 is 0. The van der Waals surface area contributed by atoms with Gasteiger partial charge in [0.05, 0.1) is 6.42 Å². The molecule has 0 unspecified atom stereocenters. The van der Waals surface area contributed by atoms with Crippen molar-refractivity contribution in [2.75, 3.05) is 19.7 Å². The zero-order chi connectivity index (χ0) is 28.5. The lowest BCUT2D eigenvalue weighted by molar-refractivity contribution is -0.139. The van der Waals surface area contributed by atoms with Crippen LogP contribution < -0.4 is 5.32 Å². The zero-order valence-corrected chi connectivity index (χ0v) is 23.2. The molecule has 0 spiro atoms. The summed E-state index contributed by atoms with van der Waals surface area (Å²) in [6, 6.07) is 25.9. The van der Waals surface area contributed by atoms with E-state index in [4.69, 9.17) is 4.74 Å². The average Bonchev–Trinajstić information content (AvgIpc) is 3.26. The molecule has 0 aliphatic heterocycles. The van der Waals surface area contributed by atoms with Crippen LogP contribution in [0.1, 0.15) is 55.7 Å². The van der Waals surface area contributed by atoms with Crippen LogP contribution in [0.3, 0.4) is 0 Å². The molecule has 2 N–H and O–H groups in total. The van der Waals surface area contributed by atoms with Crippen molar-refractivity contribution in [3.05, 3.63) is 95.6 Å². The van der Waals surface area contributed by atoms with Crippen molar-refractivity contribution in [3.8, 4) is 11.1 Å². The number of carbonyl (C=O) groups excluding carboxylic acids is 2. The molecule has 2 amide bonds. The molecule has 1 aliphatic rings. The average molecular weight is 543 g/mol. The summed E-state index contributed by atoms with van der Waals surface area (Å²) in [5.74, 6) is -0.863. The Morgan fingerprint density at radius 1 is 0.900 bits per heavy atom. The minimum absolute atomic E-state index is 0.0213. The van der Waals surface area contributed by atoms with Crippen LogP contribution >= 0.6 is 0 Å². The second-order valence-corrected chi connectivity index (χ2v) is 10.9. The highest BCUT2D eigenvalue weighted by atomic mass is 16.5. The minimum Gasteiger partial charge on any atom is -0.481 e. The molecule has 7 nitrogen and oxygen atoms in total. The van der Waals surface area contributed by atoms with Crippen LogP contribution in [0.15, 0.2) is 78.9 Å². The standard InChI is InChI=1S/C33H38N2O5/c1-23(2)18-25(19-31(36)35(17-16-32(37)38)21-24-10-4-3-5-11-24)20-34-33(39)40-22-30-28-14-8-6-12-26(28)27-13-7-9-15-29(27)30/h3-15,23,25,30H,16-22H2,1-2H3,(H,34,39)(H,37,38)/t25-/m0/s1. The van der Waals surface area contributed by atoms with Crippen LogP contribution in [0.4, 0.5) is 4.79 Å². The van der Waals surface area contributed by atoms with Gasteiger partial charge >= 0.3 is 12.1 Å². The van der Waals surface area contributed by atoms with Crippen LogP contribution in [0.2, 0.25) is 0 Å². The van der Waals surface area contributed by atoms with Gasteiger partial charge in [-0.3, -0.25) is 9.59 Å². The Kier molecular flexibility index (Phi) is 9.95. The van der Waals surface area contributed by atoms with Crippen molar-refractivity contribution in [1.29, 1.82) is 0 Å². The summed E-state index contributed by atoms with van der Waals surface area (Å²) in [4.78, 5) is 38.9. The predicted octanol–water partition coefficient (Wildman–Crippen LogP) is 6.08. The van der Waals surface area contributed by atoms with E-state index in [0.717, 1.165) is 23.1 Å². The van der Waals surface area contributed by atoms with Crippen molar-refractivity contribution in [1.82, 2.24) is 10.2 Å². The SMILES string of the molecule is CC(C)C[C@H](CNC(=O)OCC1c2ccccc2-c2ccccc21)CC(=O)N(CCC(=O)O)Cc1ccccc1.